The molecule has 0 saturated carbocycles. The Labute approximate surface area is 185 Å². The van der Waals surface area contributed by atoms with Crippen LogP contribution in [0.2, 0.25) is 10.0 Å². The molecule has 2 aromatic carbocycles. The highest BCUT2D eigenvalue weighted by Crippen LogP contribution is 2.23. The zero-order valence-electron chi connectivity index (χ0n) is 16.4. The van der Waals surface area contributed by atoms with E-state index in [1.165, 1.54) is 0 Å². The van der Waals surface area contributed by atoms with Gasteiger partial charge in [0.2, 0.25) is 5.91 Å². The van der Waals surface area contributed by atoms with Crippen LogP contribution in [-0.4, -0.2) is 54.2 Å². The predicted octanol–water partition coefficient (Wildman–Crippen LogP) is 3.64. The number of hydrogen-bond acceptors (Lipinski definition) is 4. The van der Waals surface area contributed by atoms with Crippen molar-refractivity contribution >= 4 is 35.1 Å². The Hall–Kier alpha value is -2.12. The average Bonchev–Trinajstić information content (AvgIpc) is 2.74. The van der Waals surface area contributed by atoms with Gasteiger partial charge in [0.25, 0.3) is 0 Å². The number of carbonyl (C=O) groups excluding carboxylic acids is 1. The van der Waals surface area contributed by atoms with E-state index in [4.69, 9.17) is 33.0 Å². The summed E-state index contributed by atoms with van der Waals surface area (Å²) in [4.78, 5) is 25.3. The maximum absolute atomic E-state index is 12.2. The van der Waals surface area contributed by atoms with Gasteiger partial charge in [0.1, 0.15) is 0 Å². The van der Waals surface area contributed by atoms with E-state index in [2.05, 4.69) is 10.2 Å². The summed E-state index contributed by atoms with van der Waals surface area (Å²) in [5.74, 6) is -1.01. The second-order valence-corrected chi connectivity index (χ2v) is 8.10. The number of morpholine rings is 1. The zero-order chi connectivity index (χ0) is 21.5. The van der Waals surface area contributed by atoms with E-state index in [-0.39, 0.29) is 17.6 Å². The summed E-state index contributed by atoms with van der Waals surface area (Å²) >= 11 is 12.1. The number of amides is 1. The number of aryl methyl sites for hydroxylation is 1. The number of nitrogens with one attached hydrogen (secondary N) is 1. The third-order valence-electron chi connectivity index (χ3n) is 4.98. The minimum Gasteiger partial charge on any atom is -0.478 e. The average molecular weight is 451 g/mol. The van der Waals surface area contributed by atoms with Crippen molar-refractivity contribution in [2.45, 2.75) is 25.5 Å². The molecular formula is C22H24Cl2N2O4. The highest BCUT2D eigenvalue weighted by Gasteiger charge is 2.21. The van der Waals surface area contributed by atoms with Crippen molar-refractivity contribution in [2.24, 2.45) is 0 Å². The minimum absolute atomic E-state index is 0.0532. The Morgan fingerprint density at radius 2 is 1.83 bits per heavy atom. The monoisotopic (exact) mass is 450 g/mol. The summed E-state index contributed by atoms with van der Waals surface area (Å²) < 4.78 is 5.78. The fourth-order valence-electron chi connectivity index (χ4n) is 3.33. The molecule has 0 radical (unpaired) electrons. The van der Waals surface area contributed by atoms with Gasteiger partial charge in [0.15, 0.2) is 0 Å². The highest BCUT2D eigenvalue weighted by atomic mass is 35.5. The molecule has 1 amide bonds. The molecule has 30 heavy (non-hydrogen) atoms. The molecule has 1 fully saturated rings. The van der Waals surface area contributed by atoms with Crippen LogP contribution in [0, 0.1) is 0 Å². The van der Waals surface area contributed by atoms with E-state index in [0.29, 0.717) is 36.0 Å². The maximum Gasteiger partial charge on any atom is 0.335 e. The maximum atomic E-state index is 12.2. The fraction of sp³-hybridized carbons (Fsp3) is 0.364. The summed E-state index contributed by atoms with van der Waals surface area (Å²) in [5, 5.41) is 12.9. The van der Waals surface area contributed by atoms with Gasteiger partial charge in [-0.2, -0.15) is 0 Å². The molecule has 0 spiro atoms. The van der Waals surface area contributed by atoms with Gasteiger partial charge in [0.05, 0.1) is 28.3 Å². The van der Waals surface area contributed by atoms with Crippen LogP contribution in [-0.2, 0) is 22.5 Å². The van der Waals surface area contributed by atoms with E-state index in [1.54, 1.807) is 30.3 Å². The molecule has 1 aliphatic heterocycles. The molecule has 0 aliphatic carbocycles. The number of carboxylic acid groups (broad SMARTS) is 1. The standard InChI is InChI=1S/C22H24Cl2N2O4/c23-19-7-3-16(11-20(19)24)13-26-9-10-30-18(14-26)12-25-21(27)8-4-15-1-5-17(6-2-15)22(28)29/h1-3,5-7,11,18H,4,8-10,12-14H2,(H,25,27)(H,28,29)/t18-/m0/s1. The molecule has 1 atom stereocenters. The van der Waals surface area contributed by atoms with Gasteiger partial charge < -0.3 is 15.2 Å². The number of aromatic carboxylic acids is 1. The van der Waals surface area contributed by atoms with Crippen LogP contribution < -0.4 is 5.32 Å². The Bertz CT molecular complexity index is 889. The largest absolute Gasteiger partial charge is 0.478 e. The lowest BCUT2D eigenvalue weighted by atomic mass is 10.1. The summed E-state index contributed by atoms with van der Waals surface area (Å²) in [7, 11) is 0. The molecule has 1 saturated heterocycles. The minimum atomic E-state index is -0.958. The van der Waals surface area contributed by atoms with Crippen LogP contribution in [0.25, 0.3) is 0 Å². The molecule has 2 aromatic rings. The van der Waals surface area contributed by atoms with Gasteiger partial charge in [-0.3, -0.25) is 9.69 Å². The molecule has 2 N–H and O–H groups in total. The first-order valence-electron chi connectivity index (χ1n) is 9.77. The highest BCUT2D eigenvalue weighted by molar-refractivity contribution is 6.42. The van der Waals surface area contributed by atoms with Gasteiger partial charge in [0, 0.05) is 32.6 Å². The van der Waals surface area contributed by atoms with E-state index in [9.17, 15) is 9.59 Å². The number of hydrogen-bond donors (Lipinski definition) is 2. The van der Waals surface area contributed by atoms with Crippen LogP contribution >= 0.6 is 23.2 Å². The molecule has 8 heteroatoms. The first-order chi connectivity index (χ1) is 14.4. The van der Waals surface area contributed by atoms with Crippen LogP contribution in [0.5, 0.6) is 0 Å². The van der Waals surface area contributed by atoms with Crippen LogP contribution in [0.1, 0.15) is 27.9 Å². The van der Waals surface area contributed by atoms with Gasteiger partial charge >= 0.3 is 5.97 Å². The summed E-state index contributed by atoms with van der Waals surface area (Å²) in [6, 6.07) is 12.2. The van der Waals surface area contributed by atoms with Gasteiger partial charge in [-0.05, 0) is 41.8 Å². The van der Waals surface area contributed by atoms with Crippen LogP contribution in [0.15, 0.2) is 42.5 Å². The smallest absolute Gasteiger partial charge is 0.335 e. The topological polar surface area (TPSA) is 78.9 Å². The van der Waals surface area contributed by atoms with E-state index >= 15 is 0 Å². The fourth-order valence-corrected chi connectivity index (χ4v) is 3.65. The summed E-state index contributed by atoms with van der Waals surface area (Å²) in [6.45, 7) is 3.34. The molecule has 0 aromatic heterocycles. The first kappa shape index (κ1) is 22.6. The van der Waals surface area contributed by atoms with E-state index in [0.717, 1.165) is 30.8 Å². The third kappa shape index (κ3) is 6.71. The second kappa shape index (κ2) is 10.8. The van der Waals surface area contributed by atoms with Crippen molar-refractivity contribution in [3.63, 3.8) is 0 Å². The Kier molecular flexibility index (Phi) is 8.10. The molecule has 1 heterocycles. The molecule has 160 valence electrons. The van der Waals surface area contributed by atoms with E-state index < -0.39 is 5.97 Å². The Balaban J connectivity index is 1.40. The first-order valence-corrected chi connectivity index (χ1v) is 10.5. The number of ether oxygens (including phenoxy) is 1. The van der Waals surface area contributed by atoms with E-state index in [1.807, 2.05) is 12.1 Å². The van der Waals surface area contributed by atoms with Crippen LogP contribution in [0.3, 0.4) is 0 Å². The van der Waals surface area contributed by atoms with Crippen LogP contribution in [0.4, 0.5) is 0 Å². The van der Waals surface area contributed by atoms with Crippen molar-refractivity contribution < 1.29 is 19.4 Å². The summed E-state index contributed by atoms with van der Waals surface area (Å²) in [5.41, 5.74) is 2.25. The van der Waals surface area contributed by atoms with Gasteiger partial charge in [-0.25, -0.2) is 4.79 Å². The lowest BCUT2D eigenvalue weighted by molar-refractivity contribution is -0.122. The van der Waals surface area contributed by atoms with Gasteiger partial charge in [-0.15, -0.1) is 0 Å². The zero-order valence-corrected chi connectivity index (χ0v) is 18.0. The molecule has 6 nitrogen and oxygen atoms in total. The third-order valence-corrected chi connectivity index (χ3v) is 5.72. The summed E-state index contributed by atoms with van der Waals surface area (Å²) in [6.07, 6.45) is 0.827. The Morgan fingerprint density at radius 1 is 1.10 bits per heavy atom. The van der Waals surface area contributed by atoms with Gasteiger partial charge in [-0.1, -0.05) is 41.4 Å². The predicted molar refractivity (Wildman–Crippen MR) is 116 cm³/mol. The second-order valence-electron chi connectivity index (χ2n) is 7.28. The SMILES string of the molecule is O=C(CCc1ccc(C(=O)O)cc1)NC[C@H]1CN(Cc2ccc(Cl)c(Cl)c2)CCO1. The molecule has 1 aliphatic rings. The number of carboxylic acids is 1. The molecular weight excluding hydrogens is 427 g/mol. The van der Waals surface area contributed by atoms with Crippen molar-refractivity contribution in [2.75, 3.05) is 26.2 Å². The number of rotatable bonds is 8. The lowest BCUT2D eigenvalue weighted by Gasteiger charge is -2.33. The number of nitrogens with zero attached hydrogens (tertiary/aromatic N) is 1. The molecule has 3 rings (SSSR count). The Morgan fingerprint density at radius 3 is 2.53 bits per heavy atom. The number of benzene rings is 2. The van der Waals surface area contributed by atoms with Crippen molar-refractivity contribution in [1.29, 1.82) is 0 Å². The van der Waals surface area contributed by atoms with Crippen molar-refractivity contribution in [3.05, 3.63) is 69.2 Å². The number of carbonyl (C=O) groups is 2. The quantitative estimate of drug-likeness (QED) is 0.641. The molecule has 0 bridgehead atoms. The normalized spacial score (nSPS) is 16.9. The number of halogens is 2. The van der Waals surface area contributed by atoms with Crippen molar-refractivity contribution in [1.82, 2.24) is 10.2 Å². The van der Waals surface area contributed by atoms with Crippen molar-refractivity contribution in [3.8, 4) is 0 Å². The molecule has 0 unspecified atom stereocenters. The lowest BCUT2D eigenvalue weighted by Crippen LogP contribution is -2.47.